The van der Waals surface area contributed by atoms with Gasteiger partial charge in [-0.15, -0.1) is 0 Å². The van der Waals surface area contributed by atoms with Gasteiger partial charge in [0.2, 0.25) is 0 Å². The van der Waals surface area contributed by atoms with Crippen LogP contribution in [0.3, 0.4) is 0 Å². The van der Waals surface area contributed by atoms with Crippen molar-refractivity contribution < 1.29 is 0 Å². The number of aryl methyl sites for hydroxylation is 1. The standard InChI is InChI=1S/C15H17BrN2/c1-11-7-8-13(18-9-11)10-17-12(2)14-5-3-4-6-15(14)16/h3-9,12,17H,10H2,1-2H3/t12-/m1/s1. The molecule has 3 heteroatoms. The third-order valence-electron chi connectivity index (χ3n) is 2.93. The predicted octanol–water partition coefficient (Wildman–Crippen LogP) is 4.00. The Morgan fingerprint density at radius 2 is 2.00 bits per heavy atom. The van der Waals surface area contributed by atoms with E-state index in [0.717, 1.165) is 16.7 Å². The third-order valence-corrected chi connectivity index (χ3v) is 3.66. The van der Waals surface area contributed by atoms with Gasteiger partial charge >= 0.3 is 0 Å². The molecule has 1 N–H and O–H groups in total. The van der Waals surface area contributed by atoms with Gasteiger partial charge in [0.05, 0.1) is 5.69 Å². The molecular formula is C15H17BrN2. The molecule has 0 unspecified atom stereocenters. The van der Waals surface area contributed by atoms with Crippen molar-refractivity contribution in [2.24, 2.45) is 0 Å². The molecule has 2 nitrogen and oxygen atoms in total. The van der Waals surface area contributed by atoms with Gasteiger partial charge in [0.25, 0.3) is 0 Å². The lowest BCUT2D eigenvalue weighted by molar-refractivity contribution is 0.566. The first-order valence-electron chi connectivity index (χ1n) is 6.06. The third kappa shape index (κ3) is 3.40. The van der Waals surface area contributed by atoms with Crippen LogP contribution in [0.2, 0.25) is 0 Å². The van der Waals surface area contributed by atoms with Crippen LogP contribution in [0.1, 0.15) is 29.8 Å². The lowest BCUT2D eigenvalue weighted by atomic mass is 10.1. The number of nitrogens with zero attached hydrogens (tertiary/aromatic N) is 1. The Balaban J connectivity index is 1.98. The molecule has 2 rings (SSSR count). The molecule has 0 radical (unpaired) electrons. The Bertz CT molecular complexity index is 508. The van der Waals surface area contributed by atoms with Gasteiger partial charge in [-0.05, 0) is 37.1 Å². The number of aromatic nitrogens is 1. The van der Waals surface area contributed by atoms with Gasteiger partial charge < -0.3 is 5.32 Å². The first-order chi connectivity index (χ1) is 8.66. The molecule has 0 bridgehead atoms. The van der Waals surface area contributed by atoms with E-state index < -0.39 is 0 Å². The molecule has 0 fully saturated rings. The van der Waals surface area contributed by atoms with Crippen molar-refractivity contribution in [3.05, 3.63) is 63.9 Å². The maximum Gasteiger partial charge on any atom is 0.0542 e. The molecule has 1 aromatic carbocycles. The van der Waals surface area contributed by atoms with E-state index in [2.05, 4.69) is 63.5 Å². The summed E-state index contributed by atoms with van der Waals surface area (Å²) in [7, 11) is 0. The zero-order chi connectivity index (χ0) is 13.0. The molecule has 0 aliphatic rings. The maximum atomic E-state index is 4.39. The number of benzene rings is 1. The van der Waals surface area contributed by atoms with E-state index in [0.29, 0.717) is 6.04 Å². The second-order valence-corrected chi connectivity index (χ2v) is 5.31. The molecule has 18 heavy (non-hydrogen) atoms. The maximum absolute atomic E-state index is 4.39. The Morgan fingerprint density at radius 3 is 2.67 bits per heavy atom. The number of hydrogen-bond acceptors (Lipinski definition) is 2. The van der Waals surface area contributed by atoms with E-state index in [1.54, 1.807) is 0 Å². The smallest absolute Gasteiger partial charge is 0.0542 e. The highest BCUT2D eigenvalue weighted by Gasteiger charge is 2.08. The fourth-order valence-electron chi connectivity index (χ4n) is 1.80. The fraction of sp³-hybridized carbons (Fsp3) is 0.267. The van der Waals surface area contributed by atoms with Gasteiger partial charge in [0, 0.05) is 23.3 Å². The molecule has 1 atom stereocenters. The van der Waals surface area contributed by atoms with Crippen molar-refractivity contribution >= 4 is 15.9 Å². The summed E-state index contributed by atoms with van der Waals surface area (Å²) in [5.74, 6) is 0. The summed E-state index contributed by atoms with van der Waals surface area (Å²) in [6, 6.07) is 12.7. The number of halogens is 1. The second-order valence-electron chi connectivity index (χ2n) is 4.45. The van der Waals surface area contributed by atoms with Gasteiger partial charge in [-0.3, -0.25) is 4.98 Å². The highest BCUT2D eigenvalue weighted by Crippen LogP contribution is 2.22. The normalized spacial score (nSPS) is 12.4. The van der Waals surface area contributed by atoms with E-state index in [1.165, 1.54) is 11.1 Å². The predicted molar refractivity (Wildman–Crippen MR) is 78.4 cm³/mol. The lowest BCUT2D eigenvalue weighted by Crippen LogP contribution is -2.19. The number of nitrogens with one attached hydrogen (secondary N) is 1. The molecule has 0 spiro atoms. The van der Waals surface area contributed by atoms with E-state index >= 15 is 0 Å². The topological polar surface area (TPSA) is 24.9 Å². The molecule has 2 aromatic rings. The Kier molecular flexibility index (Phi) is 4.50. The quantitative estimate of drug-likeness (QED) is 0.923. The van der Waals surface area contributed by atoms with Crippen molar-refractivity contribution in [1.82, 2.24) is 10.3 Å². The highest BCUT2D eigenvalue weighted by atomic mass is 79.9. The summed E-state index contributed by atoms with van der Waals surface area (Å²) >= 11 is 3.58. The summed E-state index contributed by atoms with van der Waals surface area (Å²) in [5.41, 5.74) is 3.53. The number of rotatable bonds is 4. The summed E-state index contributed by atoms with van der Waals surface area (Å²) in [4.78, 5) is 4.39. The van der Waals surface area contributed by atoms with Crippen molar-refractivity contribution in [2.75, 3.05) is 0 Å². The van der Waals surface area contributed by atoms with Crippen LogP contribution < -0.4 is 5.32 Å². The van der Waals surface area contributed by atoms with Crippen LogP contribution in [0.5, 0.6) is 0 Å². The molecule has 94 valence electrons. The molecule has 0 saturated carbocycles. The molecular weight excluding hydrogens is 288 g/mol. The molecule has 1 heterocycles. The molecule has 0 saturated heterocycles. The fourth-order valence-corrected chi connectivity index (χ4v) is 2.43. The molecule has 0 aliphatic carbocycles. The molecule has 0 amide bonds. The second kappa shape index (κ2) is 6.12. The first kappa shape index (κ1) is 13.2. The van der Waals surface area contributed by atoms with Crippen LogP contribution >= 0.6 is 15.9 Å². The summed E-state index contributed by atoms with van der Waals surface area (Å²) < 4.78 is 1.14. The van der Waals surface area contributed by atoms with Crippen molar-refractivity contribution in [2.45, 2.75) is 26.4 Å². The van der Waals surface area contributed by atoms with Crippen LogP contribution in [0.4, 0.5) is 0 Å². The monoisotopic (exact) mass is 304 g/mol. The van der Waals surface area contributed by atoms with Gasteiger partial charge in [-0.25, -0.2) is 0 Å². The first-order valence-corrected chi connectivity index (χ1v) is 6.85. The van der Waals surface area contributed by atoms with E-state index in [9.17, 15) is 0 Å². The zero-order valence-electron chi connectivity index (χ0n) is 10.7. The summed E-state index contributed by atoms with van der Waals surface area (Å²) in [6.07, 6.45) is 1.90. The van der Waals surface area contributed by atoms with Crippen LogP contribution in [-0.4, -0.2) is 4.98 Å². The number of hydrogen-bond donors (Lipinski definition) is 1. The number of pyridine rings is 1. The van der Waals surface area contributed by atoms with E-state index in [4.69, 9.17) is 0 Å². The Hall–Kier alpha value is -1.19. The molecule has 0 aliphatic heterocycles. The highest BCUT2D eigenvalue weighted by molar-refractivity contribution is 9.10. The van der Waals surface area contributed by atoms with Crippen molar-refractivity contribution in [3.8, 4) is 0 Å². The Labute approximate surface area is 117 Å². The van der Waals surface area contributed by atoms with Gasteiger partial charge in [-0.1, -0.05) is 40.2 Å². The largest absolute Gasteiger partial charge is 0.305 e. The van der Waals surface area contributed by atoms with E-state index in [-0.39, 0.29) is 0 Å². The molecule has 1 aromatic heterocycles. The van der Waals surface area contributed by atoms with Gasteiger partial charge in [0.15, 0.2) is 0 Å². The van der Waals surface area contributed by atoms with Crippen LogP contribution in [0.25, 0.3) is 0 Å². The lowest BCUT2D eigenvalue weighted by Gasteiger charge is -2.15. The average molecular weight is 305 g/mol. The van der Waals surface area contributed by atoms with Crippen molar-refractivity contribution in [1.29, 1.82) is 0 Å². The van der Waals surface area contributed by atoms with Crippen molar-refractivity contribution in [3.63, 3.8) is 0 Å². The van der Waals surface area contributed by atoms with Crippen LogP contribution in [0.15, 0.2) is 47.1 Å². The van der Waals surface area contributed by atoms with E-state index in [1.807, 2.05) is 19.2 Å². The zero-order valence-corrected chi connectivity index (χ0v) is 12.2. The minimum absolute atomic E-state index is 0.295. The van der Waals surface area contributed by atoms with Crippen LogP contribution in [0, 0.1) is 6.92 Å². The summed E-state index contributed by atoms with van der Waals surface area (Å²) in [6.45, 7) is 4.99. The SMILES string of the molecule is Cc1ccc(CN[C@H](C)c2ccccc2Br)nc1. The average Bonchev–Trinajstić information content (AvgIpc) is 2.38. The van der Waals surface area contributed by atoms with Gasteiger partial charge in [0.1, 0.15) is 0 Å². The minimum atomic E-state index is 0.295. The Morgan fingerprint density at radius 1 is 1.22 bits per heavy atom. The van der Waals surface area contributed by atoms with Crippen LogP contribution in [-0.2, 0) is 6.54 Å². The minimum Gasteiger partial charge on any atom is -0.305 e. The summed E-state index contributed by atoms with van der Waals surface area (Å²) in [5, 5.41) is 3.48. The van der Waals surface area contributed by atoms with Gasteiger partial charge in [-0.2, -0.15) is 0 Å².